The van der Waals surface area contributed by atoms with E-state index in [-0.39, 0.29) is 12.0 Å². The van der Waals surface area contributed by atoms with Crippen LogP contribution in [0.15, 0.2) is 0 Å². The first-order valence-electron chi connectivity index (χ1n) is 8.40. The van der Waals surface area contributed by atoms with E-state index in [0.717, 1.165) is 12.8 Å². The van der Waals surface area contributed by atoms with Crippen LogP contribution >= 0.6 is 0 Å². The summed E-state index contributed by atoms with van der Waals surface area (Å²) in [7, 11) is 0. The fraction of sp³-hybridized carbons (Fsp3) is 0.824. The Morgan fingerprint density at radius 1 is 1.17 bits per heavy atom. The van der Waals surface area contributed by atoms with Crippen molar-refractivity contribution in [1.82, 2.24) is 4.90 Å². The van der Waals surface area contributed by atoms with Crippen LogP contribution < -0.4 is 0 Å². The highest BCUT2D eigenvalue weighted by atomic mass is 16.7. The molecule has 136 valence electrons. The van der Waals surface area contributed by atoms with Crippen molar-refractivity contribution in [2.24, 2.45) is 11.8 Å². The third-order valence-corrected chi connectivity index (χ3v) is 4.10. The lowest BCUT2D eigenvalue weighted by atomic mass is 9.87. The molecular weight excluding hydrogens is 314 g/mol. The molecule has 2 fully saturated rings. The van der Waals surface area contributed by atoms with Crippen molar-refractivity contribution < 1.29 is 28.6 Å². The van der Waals surface area contributed by atoms with Gasteiger partial charge >= 0.3 is 18.0 Å². The first-order chi connectivity index (χ1) is 11.0. The Bertz CT molecular complexity index is 494. The van der Waals surface area contributed by atoms with Gasteiger partial charge in [0.15, 0.2) is 5.92 Å². The highest BCUT2D eigenvalue weighted by Gasteiger charge is 2.44. The van der Waals surface area contributed by atoms with Crippen molar-refractivity contribution >= 4 is 18.0 Å². The molecule has 0 unspecified atom stereocenters. The predicted molar refractivity (Wildman–Crippen MR) is 84.9 cm³/mol. The number of cyclic esters (lactones) is 2. The van der Waals surface area contributed by atoms with Gasteiger partial charge in [-0.15, -0.1) is 0 Å². The number of piperidine rings is 1. The minimum atomic E-state index is -1.19. The molecule has 0 aromatic rings. The third-order valence-electron chi connectivity index (χ3n) is 4.10. The van der Waals surface area contributed by atoms with E-state index in [2.05, 4.69) is 0 Å². The van der Waals surface area contributed by atoms with Crippen LogP contribution in [0, 0.1) is 11.8 Å². The molecule has 7 heteroatoms. The standard InChI is InChI=1S/C17H27NO6/c1-16(2,3)24-15(21)18-8-6-11(7-9-18)10-12-13(19)22-17(4,5)23-14(12)20/h11-12H,6-10H2,1-5H3. The van der Waals surface area contributed by atoms with Crippen LogP contribution in [0.3, 0.4) is 0 Å². The molecule has 7 nitrogen and oxygen atoms in total. The van der Waals surface area contributed by atoms with Crippen LogP contribution in [0.1, 0.15) is 53.9 Å². The van der Waals surface area contributed by atoms with Crippen molar-refractivity contribution in [3.05, 3.63) is 0 Å². The van der Waals surface area contributed by atoms with Crippen molar-refractivity contribution in [1.29, 1.82) is 0 Å². The Balaban J connectivity index is 1.84. The highest BCUT2D eigenvalue weighted by Crippen LogP contribution is 2.31. The number of amides is 1. The summed E-state index contributed by atoms with van der Waals surface area (Å²) in [5.74, 6) is -2.92. The summed E-state index contributed by atoms with van der Waals surface area (Å²) in [6.45, 7) is 9.69. The van der Waals surface area contributed by atoms with Gasteiger partial charge in [-0.3, -0.25) is 9.59 Å². The van der Waals surface area contributed by atoms with Gasteiger partial charge in [-0.25, -0.2) is 4.79 Å². The van der Waals surface area contributed by atoms with Gasteiger partial charge in [0, 0.05) is 26.9 Å². The van der Waals surface area contributed by atoms with Gasteiger partial charge in [-0.2, -0.15) is 0 Å². The quantitative estimate of drug-likeness (QED) is 0.567. The number of likely N-dealkylation sites (tertiary alicyclic amines) is 1. The highest BCUT2D eigenvalue weighted by molar-refractivity contribution is 5.96. The van der Waals surface area contributed by atoms with Gasteiger partial charge in [-0.05, 0) is 46.0 Å². The van der Waals surface area contributed by atoms with E-state index >= 15 is 0 Å². The molecule has 0 bridgehead atoms. The lowest BCUT2D eigenvalue weighted by Crippen LogP contribution is -2.47. The summed E-state index contributed by atoms with van der Waals surface area (Å²) in [5.41, 5.74) is -0.518. The first-order valence-corrected chi connectivity index (χ1v) is 8.40. The second-order valence-electron chi connectivity index (χ2n) is 7.94. The van der Waals surface area contributed by atoms with Crippen LogP contribution in [0.4, 0.5) is 4.79 Å². The minimum Gasteiger partial charge on any atom is -0.444 e. The van der Waals surface area contributed by atoms with E-state index in [0.29, 0.717) is 19.5 Å². The number of carbonyl (C=O) groups is 3. The molecular formula is C17H27NO6. The summed E-state index contributed by atoms with van der Waals surface area (Å²) in [5, 5.41) is 0. The third kappa shape index (κ3) is 4.85. The van der Waals surface area contributed by atoms with E-state index in [9.17, 15) is 14.4 Å². The summed E-state index contributed by atoms with van der Waals surface area (Å²) >= 11 is 0. The largest absolute Gasteiger partial charge is 0.444 e. The zero-order chi connectivity index (χ0) is 18.1. The topological polar surface area (TPSA) is 82.1 Å². The van der Waals surface area contributed by atoms with Crippen LogP contribution in [0.5, 0.6) is 0 Å². The van der Waals surface area contributed by atoms with Crippen LogP contribution in [0.2, 0.25) is 0 Å². The van der Waals surface area contributed by atoms with Crippen LogP contribution in [-0.2, 0) is 23.8 Å². The molecule has 2 heterocycles. The maximum Gasteiger partial charge on any atom is 0.410 e. The molecule has 0 aliphatic carbocycles. The minimum absolute atomic E-state index is 0.176. The molecule has 0 N–H and O–H groups in total. The molecule has 0 aromatic carbocycles. The molecule has 2 aliphatic rings. The Morgan fingerprint density at radius 3 is 2.12 bits per heavy atom. The normalized spacial score (nSPS) is 22.8. The fourth-order valence-corrected chi connectivity index (χ4v) is 2.95. The number of esters is 2. The molecule has 2 aliphatic heterocycles. The number of hydrogen-bond acceptors (Lipinski definition) is 6. The Morgan fingerprint density at radius 2 is 1.67 bits per heavy atom. The first kappa shape index (κ1) is 18.5. The second-order valence-corrected chi connectivity index (χ2v) is 7.94. The monoisotopic (exact) mass is 341 g/mol. The second kappa shape index (κ2) is 6.61. The summed E-state index contributed by atoms with van der Waals surface area (Å²) in [6.07, 6.45) is 1.52. The van der Waals surface area contributed by atoms with Gasteiger partial charge in [0.1, 0.15) is 5.60 Å². The Labute approximate surface area is 142 Å². The van der Waals surface area contributed by atoms with Crippen molar-refractivity contribution in [2.45, 2.75) is 65.3 Å². The number of nitrogens with zero attached hydrogens (tertiary/aromatic N) is 1. The van der Waals surface area contributed by atoms with Gasteiger partial charge in [0.05, 0.1) is 0 Å². The van der Waals surface area contributed by atoms with E-state index in [1.807, 2.05) is 20.8 Å². The summed E-state index contributed by atoms with van der Waals surface area (Å²) in [4.78, 5) is 37.7. The van der Waals surface area contributed by atoms with E-state index in [1.165, 1.54) is 0 Å². The maximum absolute atomic E-state index is 12.0. The molecule has 0 radical (unpaired) electrons. The average Bonchev–Trinajstić information content (AvgIpc) is 2.40. The molecule has 1 amide bonds. The predicted octanol–water partition coefficient (Wildman–Crippen LogP) is 2.48. The summed E-state index contributed by atoms with van der Waals surface area (Å²) in [6, 6.07) is 0. The van der Waals surface area contributed by atoms with Crippen molar-refractivity contribution in [3.63, 3.8) is 0 Å². The van der Waals surface area contributed by atoms with E-state index in [4.69, 9.17) is 14.2 Å². The fourth-order valence-electron chi connectivity index (χ4n) is 2.95. The SMILES string of the molecule is CC(C)(C)OC(=O)N1CCC(CC2C(=O)OC(C)(C)OC2=O)CC1. The molecule has 24 heavy (non-hydrogen) atoms. The zero-order valence-electron chi connectivity index (χ0n) is 15.1. The molecule has 0 saturated carbocycles. The number of carbonyl (C=O) groups excluding carboxylic acids is 3. The molecule has 2 rings (SSSR count). The van der Waals surface area contributed by atoms with Crippen LogP contribution in [0.25, 0.3) is 0 Å². The van der Waals surface area contributed by atoms with Crippen molar-refractivity contribution in [2.75, 3.05) is 13.1 Å². The van der Waals surface area contributed by atoms with E-state index < -0.39 is 29.2 Å². The number of rotatable bonds is 2. The van der Waals surface area contributed by atoms with Gasteiger partial charge in [0.2, 0.25) is 0 Å². The maximum atomic E-state index is 12.0. The Kier molecular flexibility index (Phi) is 5.11. The molecule has 0 aromatic heterocycles. The smallest absolute Gasteiger partial charge is 0.410 e. The lowest BCUT2D eigenvalue weighted by molar-refractivity contribution is -0.240. The van der Waals surface area contributed by atoms with Crippen LogP contribution in [-0.4, -0.2) is 47.4 Å². The van der Waals surface area contributed by atoms with Gasteiger partial charge < -0.3 is 19.1 Å². The molecule has 0 atom stereocenters. The average molecular weight is 341 g/mol. The van der Waals surface area contributed by atoms with Gasteiger partial charge in [0.25, 0.3) is 5.79 Å². The Hall–Kier alpha value is -1.79. The zero-order valence-corrected chi connectivity index (χ0v) is 15.1. The molecule has 2 saturated heterocycles. The summed E-state index contributed by atoms with van der Waals surface area (Å²) < 4.78 is 15.7. The van der Waals surface area contributed by atoms with Gasteiger partial charge in [-0.1, -0.05) is 0 Å². The van der Waals surface area contributed by atoms with E-state index in [1.54, 1.807) is 18.7 Å². The van der Waals surface area contributed by atoms with Crippen molar-refractivity contribution in [3.8, 4) is 0 Å². The molecule has 0 spiro atoms. The number of ether oxygens (including phenoxy) is 3. The number of hydrogen-bond donors (Lipinski definition) is 0. The lowest BCUT2D eigenvalue weighted by Gasteiger charge is -2.36.